The van der Waals surface area contributed by atoms with Crippen LogP contribution in [0.4, 0.5) is 0 Å². The molecule has 1 aromatic rings. The maximum Gasteiger partial charge on any atom is 0.261 e. The zero-order valence-electron chi connectivity index (χ0n) is 15.6. The molecule has 0 bridgehead atoms. The SMILES string of the molecule is C=C(C[Si](C)(C)C)[C@@H](C)C[C@@H](C)CN1C(=O)c2ccccc2C1=O. The molecule has 2 atom stereocenters. The molecule has 0 aromatic heterocycles. The molecule has 1 aromatic carbocycles. The van der Waals surface area contributed by atoms with E-state index in [-0.39, 0.29) is 17.7 Å². The molecule has 0 unspecified atom stereocenters. The monoisotopic (exact) mass is 343 g/mol. The maximum atomic E-state index is 12.4. The largest absolute Gasteiger partial charge is 0.274 e. The Morgan fingerprint density at radius 1 is 1.08 bits per heavy atom. The minimum atomic E-state index is -1.15. The van der Waals surface area contributed by atoms with Gasteiger partial charge in [0, 0.05) is 14.6 Å². The fourth-order valence-corrected chi connectivity index (χ4v) is 5.13. The second kappa shape index (κ2) is 7.05. The third kappa shape index (κ3) is 4.23. The van der Waals surface area contributed by atoms with Crippen LogP contribution in [0.2, 0.25) is 25.7 Å². The predicted octanol–water partition coefficient (Wildman–Crippen LogP) is 4.84. The Hall–Kier alpha value is -1.68. The Morgan fingerprint density at radius 3 is 2.04 bits per heavy atom. The molecule has 0 spiro atoms. The summed E-state index contributed by atoms with van der Waals surface area (Å²) in [6.07, 6.45) is 0.955. The standard InChI is InChI=1S/C20H29NO2Si/c1-14(11-15(2)16(3)13-24(4,5)6)12-21-19(22)17-9-7-8-10-18(17)20(21)23/h7-10,14-15H,3,11-13H2,1-2,4-6H3/t14-,15+/m1/s1. The van der Waals surface area contributed by atoms with Crippen molar-refractivity contribution in [1.29, 1.82) is 0 Å². The molecule has 3 nitrogen and oxygen atoms in total. The number of amides is 2. The Kier molecular flexibility index (Phi) is 5.48. The summed E-state index contributed by atoms with van der Waals surface area (Å²) in [5.41, 5.74) is 2.38. The molecule has 130 valence electrons. The van der Waals surface area contributed by atoms with Gasteiger partial charge in [-0.25, -0.2) is 0 Å². The van der Waals surface area contributed by atoms with Crippen molar-refractivity contribution in [3.8, 4) is 0 Å². The van der Waals surface area contributed by atoms with E-state index in [0.29, 0.717) is 23.6 Å². The summed E-state index contributed by atoms with van der Waals surface area (Å²) in [4.78, 5) is 26.3. The fourth-order valence-electron chi connectivity index (χ4n) is 3.42. The van der Waals surface area contributed by atoms with E-state index in [2.05, 4.69) is 40.1 Å². The Balaban J connectivity index is 1.96. The van der Waals surface area contributed by atoms with Crippen molar-refractivity contribution >= 4 is 19.9 Å². The van der Waals surface area contributed by atoms with Crippen LogP contribution in [0.1, 0.15) is 41.0 Å². The van der Waals surface area contributed by atoms with Crippen LogP contribution < -0.4 is 0 Å². The summed E-state index contributed by atoms with van der Waals surface area (Å²) in [6, 6.07) is 8.21. The van der Waals surface area contributed by atoms with E-state index < -0.39 is 8.07 Å². The minimum absolute atomic E-state index is 0.156. The molecule has 1 aliphatic heterocycles. The van der Waals surface area contributed by atoms with Gasteiger partial charge in [0.15, 0.2) is 0 Å². The van der Waals surface area contributed by atoms with Gasteiger partial charge in [-0.05, 0) is 36.4 Å². The molecule has 0 radical (unpaired) electrons. The average Bonchev–Trinajstić information content (AvgIpc) is 2.71. The van der Waals surface area contributed by atoms with E-state index in [1.807, 2.05) is 0 Å². The van der Waals surface area contributed by atoms with E-state index in [4.69, 9.17) is 0 Å². The molecule has 0 aliphatic carbocycles. The number of rotatable bonds is 7. The van der Waals surface area contributed by atoms with Crippen molar-refractivity contribution in [2.75, 3.05) is 6.54 Å². The molecule has 1 aliphatic rings. The zero-order chi connectivity index (χ0) is 18.1. The highest BCUT2D eigenvalue weighted by Crippen LogP contribution is 2.28. The number of benzene rings is 1. The number of carbonyl (C=O) groups is 2. The van der Waals surface area contributed by atoms with Gasteiger partial charge in [-0.3, -0.25) is 14.5 Å². The second-order valence-corrected chi connectivity index (χ2v) is 13.9. The van der Waals surface area contributed by atoms with Crippen LogP contribution >= 0.6 is 0 Å². The summed E-state index contributed by atoms with van der Waals surface area (Å²) in [5.74, 6) is 0.370. The first kappa shape index (κ1) is 18.7. The number of allylic oxidation sites excluding steroid dienone is 1. The maximum absolute atomic E-state index is 12.4. The molecule has 24 heavy (non-hydrogen) atoms. The molecule has 0 fully saturated rings. The molecule has 0 saturated carbocycles. The lowest BCUT2D eigenvalue weighted by Gasteiger charge is -2.26. The highest BCUT2D eigenvalue weighted by Gasteiger charge is 2.35. The number of fused-ring (bicyclic) bond motifs is 1. The van der Waals surface area contributed by atoms with Crippen molar-refractivity contribution in [2.45, 2.75) is 46.0 Å². The van der Waals surface area contributed by atoms with Gasteiger partial charge < -0.3 is 0 Å². The smallest absolute Gasteiger partial charge is 0.261 e. The van der Waals surface area contributed by atoms with E-state index in [1.165, 1.54) is 10.5 Å². The summed E-state index contributed by atoms with van der Waals surface area (Å²) in [5, 5.41) is 0. The molecule has 2 rings (SSSR count). The van der Waals surface area contributed by atoms with Crippen LogP contribution in [0.5, 0.6) is 0 Å². The first-order valence-corrected chi connectivity index (χ1v) is 12.4. The van der Waals surface area contributed by atoms with Crippen LogP contribution in [-0.4, -0.2) is 31.3 Å². The number of carbonyl (C=O) groups excluding carboxylic acids is 2. The van der Waals surface area contributed by atoms with Gasteiger partial charge in [0.05, 0.1) is 11.1 Å². The van der Waals surface area contributed by atoms with E-state index in [0.717, 1.165) is 12.5 Å². The highest BCUT2D eigenvalue weighted by atomic mass is 28.3. The normalized spacial score (nSPS) is 17.0. The number of imide groups is 1. The Labute approximate surface area is 146 Å². The van der Waals surface area contributed by atoms with E-state index >= 15 is 0 Å². The van der Waals surface area contributed by atoms with Crippen molar-refractivity contribution < 1.29 is 9.59 Å². The fraction of sp³-hybridized carbons (Fsp3) is 0.500. The molecular weight excluding hydrogens is 314 g/mol. The number of hydrogen-bond donors (Lipinski definition) is 0. The van der Waals surface area contributed by atoms with Crippen molar-refractivity contribution in [1.82, 2.24) is 4.90 Å². The number of hydrogen-bond acceptors (Lipinski definition) is 2. The molecular formula is C20H29NO2Si. The molecule has 2 amide bonds. The van der Waals surface area contributed by atoms with E-state index in [1.54, 1.807) is 24.3 Å². The van der Waals surface area contributed by atoms with Gasteiger partial charge in [-0.2, -0.15) is 0 Å². The summed E-state index contributed by atoms with van der Waals surface area (Å²) >= 11 is 0. The molecule has 4 heteroatoms. The lowest BCUT2D eigenvalue weighted by atomic mass is 9.92. The van der Waals surface area contributed by atoms with Gasteiger partial charge in [-0.15, -0.1) is 0 Å². The van der Waals surface area contributed by atoms with Gasteiger partial charge >= 0.3 is 0 Å². The van der Waals surface area contributed by atoms with Crippen molar-refractivity contribution in [3.63, 3.8) is 0 Å². The lowest BCUT2D eigenvalue weighted by Crippen LogP contribution is -2.34. The summed E-state index contributed by atoms with van der Waals surface area (Å²) in [6.45, 7) is 16.1. The Bertz CT molecular complexity index is 625. The zero-order valence-corrected chi connectivity index (χ0v) is 16.6. The number of nitrogens with zero attached hydrogens (tertiary/aromatic N) is 1. The van der Waals surface area contributed by atoms with Crippen LogP contribution in [-0.2, 0) is 0 Å². The summed E-state index contributed by atoms with van der Waals surface area (Å²) < 4.78 is 0. The van der Waals surface area contributed by atoms with Crippen LogP contribution in [0.15, 0.2) is 36.4 Å². The third-order valence-corrected chi connectivity index (χ3v) is 6.10. The van der Waals surface area contributed by atoms with Gasteiger partial charge in [0.25, 0.3) is 11.8 Å². The van der Waals surface area contributed by atoms with Crippen molar-refractivity contribution in [3.05, 3.63) is 47.5 Å². The van der Waals surface area contributed by atoms with Crippen LogP contribution in [0, 0.1) is 11.8 Å². The minimum Gasteiger partial charge on any atom is -0.274 e. The van der Waals surface area contributed by atoms with Gasteiger partial charge in [-0.1, -0.05) is 57.8 Å². The average molecular weight is 344 g/mol. The van der Waals surface area contributed by atoms with E-state index in [9.17, 15) is 9.59 Å². The topological polar surface area (TPSA) is 37.4 Å². The lowest BCUT2D eigenvalue weighted by molar-refractivity contribution is 0.0628. The van der Waals surface area contributed by atoms with Crippen molar-refractivity contribution in [2.24, 2.45) is 11.8 Å². The molecule has 1 heterocycles. The van der Waals surface area contributed by atoms with Gasteiger partial charge in [0.1, 0.15) is 0 Å². The van der Waals surface area contributed by atoms with Gasteiger partial charge in [0.2, 0.25) is 0 Å². The Morgan fingerprint density at radius 2 is 1.58 bits per heavy atom. The first-order valence-electron chi connectivity index (χ1n) is 8.73. The highest BCUT2D eigenvalue weighted by molar-refractivity contribution is 6.76. The second-order valence-electron chi connectivity index (χ2n) is 8.40. The molecule has 0 N–H and O–H groups in total. The summed E-state index contributed by atoms with van der Waals surface area (Å²) in [7, 11) is -1.15. The van der Waals surface area contributed by atoms with Crippen LogP contribution in [0.3, 0.4) is 0 Å². The first-order chi connectivity index (χ1) is 11.1. The third-order valence-electron chi connectivity index (χ3n) is 4.58. The quantitative estimate of drug-likeness (QED) is 0.403. The molecule has 0 saturated heterocycles. The van der Waals surface area contributed by atoms with Crippen LogP contribution in [0.25, 0.3) is 0 Å². The predicted molar refractivity (Wildman–Crippen MR) is 102 cm³/mol.